The van der Waals surface area contributed by atoms with Gasteiger partial charge in [0.2, 0.25) is 0 Å². The molecular formula is C13H8Cl3FN4O. The number of nitrogens with two attached hydrogens (primary N) is 1. The van der Waals surface area contributed by atoms with Gasteiger partial charge in [0.05, 0.1) is 16.9 Å². The van der Waals surface area contributed by atoms with Crippen LogP contribution < -0.4 is 11.2 Å². The van der Waals surface area contributed by atoms with Crippen LogP contribution in [0.2, 0.25) is 15.2 Å². The van der Waals surface area contributed by atoms with Gasteiger partial charge < -0.3 is 5.73 Å². The zero-order valence-electron chi connectivity index (χ0n) is 10.8. The predicted octanol–water partition coefficient (Wildman–Crippen LogP) is 3.53. The van der Waals surface area contributed by atoms with Gasteiger partial charge in [-0.05, 0) is 6.07 Å². The van der Waals surface area contributed by atoms with Crippen molar-refractivity contribution in [1.82, 2.24) is 10.4 Å². The van der Waals surface area contributed by atoms with Gasteiger partial charge >= 0.3 is 0 Å². The predicted molar refractivity (Wildman–Crippen MR) is 85.1 cm³/mol. The van der Waals surface area contributed by atoms with Gasteiger partial charge in [-0.1, -0.05) is 53.0 Å². The highest BCUT2D eigenvalue weighted by Gasteiger charge is 2.19. The third-order valence-corrected chi connectivity index (χ3v) is 3.70. The number of amides is 1. The summed E-state index contributed by atoms with van der Waals surface area (Å²) in [7, 11) is 0. The quantitative estimate of drug-likeness (QED) is 0.498. The van der Waals surface area contributed by atoms with Crippen molar-refractivity contribution in [1.29, 1.82) is 0 Å². The number of carbonyl (C=O) groups is 1. The highest BCUT2D eigenvalue weighted by molar-refractivity contribution is 6.46. The van der Waals surface area contributed by atoms with E-state index in [1.165, 1.54) is 18.2 Å². The zero-order chi connectivity index (χ0) is 16.3. The molecule has 5 nitrogen and oxygen atoms in total. The lowest BCUT2D eigenvalue weighted by Crippen LogP contribution is -2.20. The fourth-order valence-electron chi connectivity index (χ4n) is 1.47. The van der Waals surface area contributed by atoms with Crippen molar-refractivity contribution in [2.45, 2.75) is 0 Å². The largest absolute Gasteiger partial charge is 0.396 e. The molecule has 0 atom stereocenters. The van der Waals surface area contributed by atoms with E-state index < -0.39 is 11.7 Å². The molecule has 0 radical (unpaired) electrons. The fourth-order valence-corrected chi connectivity index (χ4v) is 2.07. The molecule has 22 heavy (non-hydrogen) atoms. The number of hydrogen-bond acceptors (Lipinski definition) is 4. The van der Waals surface area contributed by atoms with Crippen LogP contribution >= 0.6 is 34.8 Å². The fraction of sp³-hybridized carbons (Fsp3) is 0. The second kappa shape index (κ2) is 6.91. The van der Waals surface area contributed by atoms with Gasteiger partial charge in [0.15, 0.2) is 10.8 Å². The molecule has 2 aromatic rings. The number of pyridine rings is 1. The molecule has 9 heteroatoms. The van der Waals surface area contributed by atoms with Gasteiger partial charge in [-0.25, -0.2) is 14.8 Å². The molecule has 0 spiro atoms. The summed E-state index contributed by atoms with van der Waals surface area (Å²) in [5.74, 6) is -1.24. The molecule has 2 rings (SSSR count). The molecule has 0 aliphatic carbocycles. The molecular weight excluding hydrogens is 354 g/mol. The maximum atomic E-state index is 13.4. The first-order valence-electron chi connectivity index (χ1n) is 5.79. The summed E-state index contributed by atoms with van der Waals surface area (Å²) < 4.78 is 13.4. The van der Waals surface area contributed by atoms with Gasteiger partial charge in [-0.15, -0.1) is 0 Å². The van der Waals surface area contributed by atoms with Crippen LogP contribution in [-0.2, 0) is 0 Å². The SMILES string of the molecule is Nc1c(Cl)c(Cl)nc(C(=O)N/N=C/c2ccccc2F)c1Cl. The van der Waals surface area contributed by atoms with Crippen LogP contribution in [0.3, 0.4) is 0 Å². The van der Waals surface area contributed by atoms with E-state index >= 15 is 0 Å². The average molecular weight is 362 g/mol. The Morgan fingerprint density at radius 1 is 1.27 bits per heavy atom. The number of halogens is 4. The van der Waals surface area contributed by atoms with Crippen LogP contribution in [0, 0.1) is 5.82 Å². The van der Waals surface area contributed by atoms with E-state index in [-0.39, 0.29) is 32.1 Å². The number of benzene rings is 1. The first kappa shape index (κ1) is 16.5. The molecule has 1 heterocycles. The molecule has 3 N–H and O–H groups in total. The molecule has 1 aromatic carbocycles. The number of rotatable bonds is 3. The Kier molecular flexibility index (Phi) is 5.18. The molecule has 0 saturated heterocycles. The van der Waals surface area contributed by atoms with E-state index in [4.69, 9.17) is 40.5 Å². The first-order valence-corrected chi connectivity index (χ1v) is 6.93. The molecule has 1 aromatic heterocycles. The summed E-state index contributed by atoms with van der Waals surface area (Å²) in [4.78, 5) is 15.7. The smallest absolute Gasteiger partial charge is 0.291 e. The average Bonchev–Trinajstić information content (AvgIpc) is 2.50. The summed E-state index contributed by atoms with van der Waals surface area (Å²) in [5.41, 5.74) is 7.66. The summed E-state index contributed by atoms with van der Waals surface area (Å²) >= 11 is 17.4. The van der Waals surface area contributed by atoms with Crippen molar-refractivity contribution in [3.8, 4) is 0 Å². The van der Waals surface area contributed by atoms with Crippen LogP contribution in [-0.4, -0.2) is 17.1 Å². The van der Waals surface area contributed by atoms with Gasteiger partial charge in [0.1, 0.15) is 10.8 Å². The third kappa shape index (κ3) is 3.47. The molecule has 0 saturated carbocycles. The zero-order valence-corrected chi connectivity index (χ0v) is 13.0. The van der Waals surface area contributed by atoms with Crippen molar-refractivity contribution in [3.05, 3.63) is 56.5 Å². The summed E-state index contributed by atoms with van der Waals surface area (Å²) in [6.07, 6.45) is 1.14. The van der Waals surface area contributed by atoms with Crippen molar-refractivity contribution >= 4 is 52.6 Å². The van der Waals surface area contributed by atoms with Crippen LogP contribution in [0.25, 0.3) is 0 Å². The Balaban J connectivity index is 2.19. The Hall–Kier alpha value is -1.89. The molecule has 114 valence electrons. The topological polar surface area (TPSA) is 80.4 Å². The number of hydrazone groups is 1. The number of anilines is 1. The lowest BCUT2D eigenvalue weighted by atomic mass is 10.2. The van der Waals surface area contributed by atoms with Gasteiger partial charge in [-0.2, -0.15) is 5.10 Å². The van der Waals surface area contributed by atoms with E-state index in [9.17, 15) is 9.18 Å². The molecule has 0 bridgehead atoms. The van der Waals surface area contributed by atoms with Crippen molar-refractivity contribution in [3.63, 3.8) is 0 Å². The van der Waals surface area contributed by atoms with Crippen molar-refractivity contribution in [2.24, 2.45) is 5.10 Å². The monoisotopic (exact) mass is 360 g/mol. The summed E-state index contributed by atoms with van der Waals surface area (Å²) in [6.45, 7) is 0. The van der Waals surface area contributed by atoms with Gasteiger partial charge in [0.25, 0.3) is 5.91 Å². The molecule has 0 aliphatic rings. The number of nitrogens with one attached hydrogen (secondary N) is 1. The number of carbonyl (C=O) groups excluding carboxylic acids is 1. The van der Waals surface area contributed by atoms with E-state index in [0.29, 0.717) is 0 Å². The van der Waals surface area contributed by atoms with Crippen LogP contribution in [0.4, 0.5) is 10.1 Å². The van der Waals surface area contributed by atoms with E-state index in [2.05, 4.69) is 15.5 Å². The molecule has 0 unspecified atom stereocenters. The maximum absolute atomic E-state index is 13.4. The van der Waals surface area contributed by atoms with E-state index in [1.54, 1.807) is 6.07 Å². The van der Waals surface area contributed by atoms with Crippen molar-refractivity contribution < 1.29 is 9.18 Å². The molecule has 0 aliphatic heterocycles. The second-order valence-corrected chi connectivity index (χ2v) is 5.13. The highest BCUT2D eigenvalue weighted by Crippen LogP contribution is 2.34. The highest BCUT2D eigenvalue weighted by atomic mass is 35.5. The van der Waals surface area contributed by atoms with Crippen molar-refractivity contribution in [2.75, 3.05) is 5.73 Å². The third-order valence-electron chi connectivity index (χ3n) is 2.56. The maximum Gasteiger partial charge on any atom is 0.291 e. The minimum Gasteiger partial charge on any atom is -0.396 e. The minimum atomic E-state index is -0.761. The second-order valence-electron chi connectivity index (χ2n) is 4.01. The number of hydrogen-bond donors (Lipinski definition) is 2. The van der Waals surface area contributed by atoms with Gasteiger partial charge in [-0.3, -0.25) is 4.79 Å². The van der Waals surface area contributed by atoms with Crippen LogP contribution in [0.5, 0.6) is 0 Å². The number of nitrogen functional groups attached to an aromatic ring is 1. The summed E-state index contributed by atoms with van der Waals surface area (Å²) in [6, 6.07) is 5.92. The van der Waals surface area contributed by atoms with E-state index in [1.807, 2.05) is 0 Å². The summed E-state index contributed by atoms with van der Waals surface area (Å²) in [5, 5.41) is 3.27. The number of nitrogens with zero attached hydrogens (tertiary/aromatic N) is 2. The lowest BCUT2D eigenvalue weighted by Gasteiger charge is -2.07. The lowest BCUT2D eigenvalue weighted by molar-refractivity contribution is 0.0950. The van der Waals surface area contributed by atoms with Crippen LogP contribution in [0.1, 0.15) is 16.1 Å². The minimum absolute atomic E-state index is 0.0434. The van der Waals surface area contributed by atoms with Gasteiger partial charge in [0, 0.05) is 5.56 Å². The molecule has 0 fully saturated rings. The van der Waals surface area contributed by atoms with E-state index in [0.717, 1.165) is 6.21 Å². The standard InChI is InChI=1S/C13H8Cl3FN4O/c14-8-10(18)9(15)12(16)20-11(8)13(22)21-19-5-6-3-1-2-4-7(6)17/h1-5H,(H2,18,20)(H,21,22)/b19-5+. The normalized spacial score (nSPS) is 10.9. The number of aromatic nitrogens is 1. The van der Waals surface area contributed by atoms with Crippen LogP contribution in [0.15, 0.2) is 29.4 Å². The first-order chi connectivity index (χ1) is 10.4. The Bertz CT molecular complexity index is 767. The Morgan fingerprint density at radius 3 is 2.64 bits per heavy atom. The Morgan fingerprint density at radius 2 is 1.95 bits per heavy atom. The Labute approximate surface area is 139 Å². The molecule has 1 amide bonds.